The number of aliphatic hydroxyl groups is 4. The van der Waals surface area contributed by atoms with Crippen LogP contribution in [0.1, 0.15) is 25.0 Å². The lowest BCUT2D eigenvalue weighted by molar-refractivity contribution is -0.277. The summed E-state index contributed by atoms with van der Waals surface area (Å²) in [6, 6.07) is 11.4. The van der Waals surface area contributed by atoms with Gasteiger partial charge in [-0.2, -0.15) is 0 Å². The highest BCUT2D eigenvalue weighted by atomic mass is 16.7. The fourth-order valence-corrected chi connectivity index (χ4v) is 3.38. The first-order valence-electron chi connectivity index (χ1n) is 11.5. The minimum absolute atomic E-state index is 0.107. The van der Waals surface area contributed by atoms with E-state index in [1.54, 1.807) is 42.5 Å². The molecule has 1 fully saturated rings. The van der Waals surface area contributed by atoms with Crippen LogP contribution in [-0.2, 0) is 14.3 Å². The van der Waals surface area contributed by atoms with Crippen LogP contribution < -0.4 is 9.47 Å². The van der Waals surface area contributed by atoms with Crippen LogP contribution in [-0.4, -0.2) is 82.0 Å². The Morgan fingerprint density at radius 2 is 1.67 bits per heavy atom. The van der Waals surface area contributed by atoms with Crippen molar-refractivity contribution >= 4 is 18.1 Å². The smallest absolute Gasteiger partial charge is 0.344 e. The monoisotopic (exact) mass is 504 g/mol. The van der Waals surface area contributed by atoms with E-state index >= 15 is 0 Å². The van der Waals surface area contributed by atoms with Gasteiger partial charge in [0.25, 0.3) is 0 Å². The van der Waals surface area contributed by atoms with Crippen LogP contribution in [0.2, 0.25) is 0 Å². The average molecular weight is 505 g/mol. The Morgan fingerprint density at radius 3 is 2.33 bits per heavy atom. The van der Waals surface area contributed by atoms with Gasteiger partial charge in [-0.3, -0.25) is 0 Å². The Balaban J connectivity index is 1.61. The molecule has 10 nitrogen and oxygen atoms in total. The molecule has 5 atom stereocenters. The number of phenolic OH excluding ortho intramolecular Hbond substituents is 1. The van der Waals surface area contributed by atoms with Gasteiger partial charge in [0.15, 0.2) is 6.61 Å². The van der Waals surface area contributed by atoms with Crippen molar-refractivity contribution in [3.8, 4) is 17.2 Å². The van der Waals surface area contributed by atoms with Crippen molar-refractivity contribution in [2.24, 2.45) is 5.92 Å². The van der Waals surface area contributed by atoms with E-state index in [2.05, 4.69) is 0 Å². The first kappa shape index (κ1) is 27.4. The van der Waals surface area contributed by atoms with Gasteiger partial charge in [0.05, 0.1) is 13.2 Å². The van der Waals surface area contributed by atoms with Gasteiger partial charge < -0.3 is 44.5 Å². The zero-order valence-electron chi connectivity index (χ0n) is 20.1. The van der Waals surface area contributed by atoms with Crippen molar-refractivity contribution < 1.29 is 49.3 Å². The molecule has 0 amide bonds. The normalized spacial score (nSPS) is 24.1. The molecule has 196 valence electrons. The molecule has 5 N–H and O–H groups in total. The van der Waals surface area contributed by atoms with Crippen molar-refractivity contribution in [2.75, 3.05) is 19.8 Å². The summed E-state index contributed by atoms with van der Waals surface area (Å²) in [4.78, 5) is 11.7. The largest absolute Gasteiger partial charge is 0.508 e. The van der Waals surface area contributed by atoms with Gasteiger partial charge in [-0.1, -0.05) is 38.1 Å². The minimum Gasteiger partial charge on any atom is -0.508 e. The third-order valence-electron chi connectivity index (χ3n) is 5.30. The van der Waals surface area contributed by atoms with Gasteiger partial charge in [-0.25, -0.2) is 4.79 Å². The van der Waals surface area contributed by atoms with Crippen LogP contribution in [0.25, 0.3) is 12.2 Å². The Bertz CT molecular complexity index is 1020. The minimum atomic E-state index is -1.57. The van der Waals surface area contributed by atoms with E-state index in [0.717, 1.165) is 5.56 Å². The van der Waals surface area contributed by atoms with Gasteiger partial charge in [0, 0.05) is 6.07 Å². The lowest BCUT2D eigenvalue weighted by Gasteiger charge is -2.39. The van der Waals surface area contributed by atoms with E-state index in [-0.39, 0.29) is 24.0 Å². The number of rotatable bonds is 10. The van der Waals surface area contributed by atoms with Crippen molar-refractivity contribution in [1.29, 1.82) is 0 Å². The lowest BCUT2D eigenvalue weighted by Crippen LogP contribution is -2.60. The molecule has 2 aromatic carbocycles. The van der Waals surface area contributed by atoms with Gasteiger partial charge in [-0.05, 0) is 41.3 Å². The number of carbonyl (C=O) groups is 1. The summed E-state index contributed by atoms with van der Waals surface area (Å²) in [5.74, 6) is 0.373. The number of benzene rings is 2. The van der Waals surface area contributed by atoms with Crippen LogP contribution >= 0.6 is 0 Å². The number of ether oxygens (including phenoxy) is 4. The van der Waals surface area contributed by atoms with Crippen LogP contribution in [0, 0.1) is 5.92 Å². The summed E-state index contributed by atoms with van der Waals surface area (Å²) in [6.07, 6.45) is -3.61. The number of aromatic hydroxyl groups is 1. The standard InChI is InChI=1S/C26H32O10/c1-15(2)13-34-22(29)14-33-19-7-5-16(6-8-19)3-4-17-9-18(28)11-20(10-17)35-26-25(32)24(31)23(30)21(12-27)36-26/h3-11,15,21,23-28,30-32H,12-14H2,1-2H3/b4-3+/t21-,23-,24+,25-,26?/m1/s1. The SMILES string of the molecule is CC(C)COC(=O)COc1ccc(/C=C/c2cc(O)cc(OC3O[C@H](CO)[C@@H](O)[C@H](O)[C@H]3O)c2)cc1. The molecule has 10 heteroatoms. The van der Waals surface area contributed by atoms with Crippen molar-refractivity contribution in [1.82, 2.24) is 0 Å². The Kier molecular flexibility index (Phi) is 9.68. The van der Waals surface area contributed by atoms with Crippen LogP contribution in [0.3, 0.4) is 0 Å². The first-order valence-corrected chi connectivity index (χ1v) is 11.5. The van der Waals surface area contributed by atoms with Crippen molar-refractivity contribution in [2.45, 2.75) is 44.6 Å². The molecule has 0 saturated carbocycles. The molecule has 1 aliphatic heterocycles. The van der Waals surface area contributed by atoms with E-state index in [9.17, 15) is 30.3 Å². The number of hydrogen-bond acceptors (Lipinski definition) is 10. The zero-order valence-corrected chi connectivity index (χ0v) is 20.1. The van der Waals surface area contributed by atoms with Crippen LogP contribution in [0.5, 0.6) is 17.2 Å². The van der Waals surface area contributed by atoms with E-state index in [1.165, 1.54) is 12.1 Å². The third-order valence-corrected chi connectivity index (χ3v) is 5.30. The average Bonchev–Trinajstić information content (AvgIpc) is 2.85. The number of hydrogen-bond donors (Lipinski definition) is 5. The van der Waals surface area contributed by atoms with Gasteiger partial charge >= 0.3 is 5.97 Å². The van der Waals surface area contributed by atoms with Gasteiger partial charge in [0.1, 0.15) is 41.7 Å². The summed E-state index contributed by atoms with van der Waals surface area (Å²) in [6.45, 7) is 3.49. The summed E-state index contributed by atoms with van der Waals surface area (Å²) >= 11 is 0. The molecular weight excluding hydrogens is 472 g/mol. The second-order valence-corrected chi connectivity index (χ2v) is 8.84. The summed E-state index contributed by atoms with van der Waals surface area (Å²) in [5.41, 5.74) is 1.40. The molecule has 0 spiro atoms. The molecule has 1 aliphatic rings. The van der Waals surface area contributed by atoms with Crippen molar-refractivity contribution in [3.05, 3.63) is 53.6 Å². The molecule has 0 aliphatic carbocycles. The highest BCUT2D eigenvalue weighted by Crippen LogP contribution is 2.28. The molecule has 1 saturated heterocycles. The molecule has 1 unspecified atom stereocenters. The Labute approximate surface area is 208 Å². The van der Waals surface area contributed by atoms with Gasteiger partial charge in [0.2, 0.25) is 6.29 Å². The zero-order chi connectivity index (χ0) is 26.2. The maximum Gasteiger partial charge on any atom is 0.344 e. The first-order chi connectivity index (χ1) is 17.2. The maximum atomic E-state index is 11.7. The highest BCUT2D eigenvalue weighted by Gasteiger charge is 2.44. The summed E-state index contributed by atoms with van der Waals surface area (Å²) in [5, 5.41) is 49.4. The second kappa shape index (κ2) is 12.7. The number of phenols is 1. The number of esters is 1. The topological polar surface area (TPSA) is 155 Å². The molecule has 2 aromatic rings. The van der Waals surface area contributed by atoms with Crippen LogP contribution in [0.15, 0.2) is 42.5 Å². The second-order valence-electron chi connectivity index (χ2n) is 8.84. The molecule has 3 rings (SSSR count). The van der Waals surface area contributed by atoms with Crippen molar-refractivity contribution in [3.63, 3.8) is 0 Å². The van der Waals surface area contributed by atoms with E-state index < -0.39 is 43.3 Å². The number of aliphatic hydroxyl groups excluding tert-OH is 4. The fourth-order valence-electron chi connectivity index (χ4n) is 3.38. The van der Waals surface area contributed by atoms with Gasteiger partial charge in [-0.15, -0.1) is 0 Å². The number of carbonyl (C=O) groups excluding carboxylic acids is 1. The fraction of sp³-hybridized carbons (Fsp3) is 0.423. The highest BCUT2D eigenvalue weighted by molar-refractivity contribution is 5.72. The Hall–Kier alpha value is -3.15. The molecule has 36 heavy (non-hydrogen) atoms. The summed E-state index contributed by atoms with van der Waals surface area (Å²) in [7, 11) is 0. The van der Waals surface area contributed by atoms with E-state index in [4.69, 9.17) is 18.9 Å². The molecule has 0 bridgehead atoms. The summed E-state index contributed by atoms with van der Waals surface area (Å²) < 4.78 is 21.4. The third kappa shape index (κ3) is 7.67. The Morgan fingerprint density at radius 1 is 0.972 bits per heavy atom. The molecule has 0 radical (unpaired) electrons. The van der Waals surface area contributed by atoms with E-state index in [1.807, 2.05) is 13.8 Å². The maximum absolute atomic E-state index is 11.7. The predicted molar refractivity (Wildman–Crippen MR) is 129 cm³/mol. The molecule has 0 aromatic heterocycles. The molecule has 1 heterocycles. The van der Waals surface area contributed by atoms with E-state index in [0.29, 0.717) is 17.9 Å². The lowest BCUT2D eigenvalue weighted by atomic mass is 9.99. The predicted octanol–water partition coefficient (Wildman–Crippen LogP) is 1.32. The quantitative estimate of drug-likeness (QED) is 0.236. The molecular formula is C26H32O10. The van der Waals surface area contributed by atoms with Crippen LogP contribution in [0.4, 0.5) is 0 Å².